The summed E-state index contributed by atoms with van der Waals surface area (Å²) in [5, 5.41) is 2.70. The molecule has 18 heavy (non-hydrogen) atoms. The van der Waals surface area contributed by atoms with Crippen molar-refractivity contribution in [1.82, 2.24) is 10.7 Å². The van der Waals surface area contributed by atoms with E-state index in [1.165, 1.54) is 0 Å². The molecule has 4 N–H and O–H groups in total. The SMILES string of the molecule is CC[C@H](C)[C@H](NC(=O)c1ccccc1)C(=O)NN. The Morgan fingerprint density at radius 1 is 1.28 bits per heavy atom. The minimum absolute atomic E-state index is 0.0150. The van der Waals surface area contributed by atoms with E-state index in [0.29, 0.717) is 5.56 Å². The number of hydrazine groups is 1. The third kappa shape index (κ3) is 3.56. The minimum Gasteiger partial charge on any atom is -0.340 e. The number of carbonyl (C=O) groups is 2. The normalized spacial score (nSPS) is 13.5. The zero-order valence-electron chi connectivity index (χ0n) is 10.6. The zero-order chi connectivity index (χ0) is 13.5. The van der Waals surface area contributed by atoms with Gasteiger partial charge in [-0.2, -0.15) is 0 Å². The van der Waals surface area contributed by atoms with E-state index in [9.17, 15) is 9.59 Å². The maximum Gasteiger partial charge on any atom is 0.256 e. The van der Waals surface area contributed by atoms with Gasteiger partial charge in [0.2, 0.25) is 0 Å². The first-order valence-corrected chi connectivity index (χ1v) is 5.96. The number of hydrogen-bond donors (Lipinski definition) is 3. The summed E-state index contributed by atoms with van der Waals surface area (Å²) in [5.41, 5.74) is 2.61. The van der Waals surface area contributed by atoms with Gasteiger partial charge in [0.1, 0.15) is 6.04 Å². The molecule has 0 unspecified atom stereocenters. The van der Waals surface area contributed by atoms with Crippen molar-refractivity contribution in [2.45, 2.75) is 26.3 Å². The van der Waals surface area contributed by atoms with E-state index >= 15 is 0 Å². The third-order valence-electron chi connectivity index (χ3n) is 2.96. The van der Waals surface area contributed by atoms with Crippen LogP contribution in [0.4, 0.5) is 0 Å². The summed E-state index contributed by atoms with van der Waals surface area (Å²) in [4.78, 5) is 23.6. The maximum atomic E-state index is 12.0. The van der Waals surface area contributed by atoms with Crippen LogP contribution in [0.25, 0.3) is 0 Å². The zero-order valence-corrected chi connectivity index (χ0v) is 10.6. The Morgan fingerprint density at radius 2 is 1.89 bits per heavy atom. The summed E-state index contributed by atoms with van der Waals surface area (Å²) in [5.74, 6) is 4.49. The van der Waals surface area contributed by atoms with Crippen LogP contribution >= 0.6 is 0 Å². The molecule has 98 valence electrons. The van der Waals surface area contributed by atoms with E-state index in [2.05, 4.69) is 10.7 Å². The summed E-state index contributed by atoms with van der Waals surface area (Å²) < 4.78 is 0. The molecule has 1 aromatic carbocycles. The van der Waals surface area contributed by atoms with Crippen LogP contribution in [-0.4, -0.2) is 17.9 Å². The second-order valence-corrected chi connectivity index (χ2v) is 4.21. The van der Waals surface area contributed by atoms with Crippen molar-refractivity contribution < 1.29 is 9.59 Å². The van der Waals surface area contributed by atoms with Crippen LogP contribution in [-0.2, 0) is 4.79 Å². The molecule has 1 aromatic rings. The van der Waals surface area contributed by atoms with Gasteiger partial charge in [0.05, 0.1) is 0 Å². The van der Waals surface area contributed by atoms with Crippen molar-refractivity contribution in [1.29, 1.82) is 0 Å². The Bertz CT molecular complexity index is 406. The monoisotopic (exact) mass is 249 g/mol. The number of benzene rings is 1. The van der Waals surface area contributed by atoms with Crippen LogP contribution in [0.2, 0.25) is 0 Å². The number of rotatable bonds is 5. The van der Waals surface area contributed by atoms with E-state index < -0.39 is 6.04 Å². The summed E-state index contributed by atoms with van der Waals surface area (Å²) >= 11 is 0. The molecule has 0 saturated heterocycles. The Balaban J connectivity index is 2.78. The van der Waals surface area contributed by atoms with E-state index in [4.69, 9.17) is 5.84 Å². The Hall–Kier alpha value is -1.88. The molecule has 0 radical (unpaired) electrons. The van der Waals surface area contributed by atoms with Gasteiger partial charge in [-0.25, -0.2) is 5.84 Å². The molecule has 0 aromatic heterocycles. The van der Waals surface area contributed by atoms with Gasteiger partial charge in [-0.15, -0.1) is 0 Å². The summed E-state index contributed by atoms with van der Waals surface area (Å²) in [6.07, 6.45) is 0.771. The Morgan fingerprint density at radius 3 is 2.39 bits per heavy atom. The Labute approximate surface area is 107 Å². The van der Waals surface area contributed by atoms with Crippen molar-refractivity contribution >= 4 is 11.8 Å². The predicted molar refractivity (Wildman–Crippen MR) is 69.5 cm³/mol. The number of nitrogens with one attached hydrogen (secondary N) is 2. The van der Waals surface area contributed by atoms with Crippen molar-refractivity contribution in [2.24, 2.45) is 11.8 Å². The fourth-order valence-electron chi connectivity index (χ4n) is 1.61. The number of carbonyl (C=O) groups excluding carboxylic acids is 2. The highest BCUT2D eigenvalue weighted by Crippen LogP contribution is 2.09. The molecule has 0 heterocycles. The van der Waals surface area contributed by atoms with Gasteiger partial charge in [-0.05, 0) is 18.1 Å². The molecule has 5 heteroatoms. The average molecular weight is 249 g/mol. The summed E-state index contributed by atoms with van der Waals surface area (Å²) in [6.45, 7) is 3.85. The molecular formula is C13H19N3O2. The van der Waals surface area contributed by atoms with E-state index in [1.54, 1.807) is 24.3 Å². The fraction of sp³-hybridized carbons (Fsp3) is 0.385. The van der Waals surface area contributed by atoms with Gasteiger partial charge >= 0.3 is 0 Å². The fourth-order valence-corrected chi connectivity index (χ4v) is 1.61. The van der Waals surface area contributed by atoms with Crippen molar-refractivity contribution in [2.75, 3.05) is 0 Å². The molecule has 0 aliphatic rings. The molecule has 5 nitrogen and oxygen atoms in total. The molecule has 0 fully saturated rings. The van der Waals surface area contributed by atoms with Crippen LogP contribution in [0.3, 0.4) is 0 Å². The molecule has 2 atom stereocenters. The number of hydrogen-bond acceptors (Lipinski definition) is 3. The lowest BCUT2D eigenvalue weighted by Gasteiger charge is -2.22. The Kier molecular flexibility index (Phi) is 5.32. The van der Waals surface area contributed by atoms with Crippen molar-refractivity contribution in [3.63, 3.8) is 0 Å². The molecular weight excluding hydrogens is 230 g/mol. The van der Waals surface area contributed by atoms with Gasteiger partial charge < -0.3 is 5.32 Å². The number of nitrogens with two attached hydrogens (primary N) is 1. The van der Waals surface area contributed by atoms with Crippen molar-refractivity contribution in [3.05, 3.63) is 35.9 Å². The predicted octanol–water partition coefficient (Wildman–Crippen LogP) is 0.821. The summed E-state index contributed by atoms with van der Waals surface area (Å²) in [7, 11) is 0. The van der Waals surface area contributed by atoms with Crippen molar-refractivity contribution in [3.8, 4) is 0 Å². The second-order valence-electron chi connectivity index (χ2n) is 4.21. The van der Waals surface area contributed by atoms with Gasteiger partial charge in [0.25, 0.3) is 11.8 Å². The number of amides is 2. The summed E-state index contributed by atoms with van der Waals surface area (Å²) in [6, 6.07) is 8.15. The van der Waals surface area contributed by atoms with Gasteiger partial charge in [-0.1, -0.05) is 38.5 Å². The first-order chi connectivity index (χ1) is 8.60. The minimum atomic E-state index is -0.618. The molecule has 0 aliphatic carbocycles. The molecule has 0 aliphatic heterocycles. The third-order valence-corrected chi connectivity index (χ3v) is 2.96. The lowest BCUT2D eigenvalue weighted by Crippen LogP contribution is -2.52. The average Bonchev–Trinajstić information content (AvgIpc) is 2.43. The first-order valence-electron chi connectivity index (χ1n) is 5.96. The largest absolute Gasteiger partial charge is 0.340 e. The molecule has 1 rings (SSSR count). The quantitative estimate of drug-likeness (QED) is 0.410. The van der Waals surface area contributed by atoms with Gasteiger partial charge in [0, 0.05) is 5.56 Å². The smallest absolute Gasteiger partial charge is 0.256 e. The van der Waals surface area contributed by atoms with Gasteiger partial charge in [0.15, 0.2) is 0 Å². The molecule has 0 spiro atoms. The van der Waals surface area contributed by atoms with Crippen LogP contribution in [0.5, 0.6) is 0 Å². The van der Waals surface area contributed by atoms with Crippen LogP contribution in [0.15, 0.2) is 30.3 Å². The van der Waals surface area contributed by atoms with E-state index in [0.717, 1.165) is 6.42 Å². The highest BCUT2D eigenvalue weighted by Gasteiger charge is 2.25. The first kappa shape index (κ1) is 14.2. The van der Waals surface area contributed by atoms with Crippen LogP contribution < -0.4 is 16.6 Å². The standard InChI is InChI=1S/C13H19N3O2/c1-3-9(2)11(13(18)16-14)15-12(17)10-7-5-4-6-8-10/h4-9,11H,3,14H2,1-2H3,(H,15,17)(H,16,18)/t9-,11-/m0/s1. The van der Waals surface area contributed by atoms with Crippen LogP contribution in [0.1, 0.15) is 30.6 Å². The molecule has 0 saturated carbocycles. The molecule has 0 bridgehead atoms. The van der Waals surface area contributed by atoms with Gasteiger partial charge in [-0.3, -0.25) is 15.0 Å². The lowest BCUT2D eigenvalue weighted by atomic mass is 9.98. The maximum absolute atomic E-state index is 12.0. The van der Waals surface area contributed by atoms with Crippen LogP contribution in [0, 0.1) is 5.92 Å². The lowest BCUT2D eigenvalue weighted by molar-refractivity contribution is -0.124. The molecule has 2 amide bonds. The topological polar surface area (TPSA) is 84.2 Å². The highest BCUT2D eigenvalue weighted by molar-refractivity contribution is 5.97. The second kappa shape index (κ2) is 6.76. The van der Waals surface area contributed by atoms with E-state index in [-0.39, 0.29) is 17.7 Å². The van der Waals surface area contributed by atoms with E-state index in [1.807, 2.05) is 19.9 Å². The highest BCUT2D eigenvalue weighted by atomic mass is 16.2.